The first-order valence-corrected chi connectivity index (χ1v) is 10.3. The molecule has 1 rings (SSSR count). The number of hydrogen-bond acceptors (Lipinski definition) is 1. The lowest BCUT2D eigenvalue weighted by atomic mass is 10.1. The molecule has 0 saturated heterocycles. The van der Waals surface area contributed by atoms with Gasteiger partial charge in [-0.25, -0.2) is 0 Å². The molecule has 0 aliphatic heterocycles. The van der Waals surface area contributed by atoms with Gasteiger partial charge in [0.05, 0.1) is 6.26 Å². The van der Waals surface area contributed by atoms with E-state index in [1.165, 1.54) is 89.9 Å². The molecule has 0 radical (unpaired) electrons. The Labute approximate surface area is 150 Å². The number of hydrogen-bond donors (Lipinski definition) is 0. The van der Waals surface area contributed by atoms with Crippen LogP contribution in [0.2, 0.25) is 0 Å². The van der Waals surface area contributed by atoms with E-state index in [0.717, 1.165) is 5.76 Å². The largest absolute Gasteiger partial charge is 0.465 e. The zero-order valence-electron chi connectivity index (χ0n) is 15.8. The second kappa shape index (κ2) is 16.6. The lowest BCUT2D eigenvalue weighted by Crippen LogP contribution is -1.79. The fraction of sp³-hybridized carbons (Fsp3) is 0.652. The van der Waals surface area contributed by atoms with Gasteiger partial charge in [0, 0.05) is 0 Å². The van der Waals surface area contributed by atoms with Gasteiger partial charge < -0.3 is 4.42 Å². The molecule has 0 amide bonds. The van der Waals surface area contributed by atoms with E-state index >= 15 is 0 Å². The first-order valence-electron chi connectivity index (χ1n) is 10.3. The van der Waals surface area contributed by atoms with E-state index in [9.17, 15) is 0 Å². The molecular formula is C23H38O. The third-order valence-electron chi connectivity index (χ3n) is 4.46. The molecule has 1 aromatic heterocycles. The average Bonchev–Trinajstić information content (AvgIpc) is 3.11. The molecule has 0 atom stereocenters. The van der Waals surface area contributed by atoms with Crippen LogP contribution in [0.5, 0.6) is 0 Å². The summed E-state index contributed by atoms with van der Waals surface area (Å²) in [7, 11) is 0. The summed E-state index contributed by atoms with van der Waals surface area (Å²) in [6.45, 7) is 2.28. The van der Waals surface area contributed by atoms with Gasteiger partial charge in [0.2, 0.25) is 0 Å². The van der Waals surface area contributed by atoms with E-state index in [0.29, 0.717) is 0 Å². The van der Waals surface area contributed by atoms with Crippen LogP contribution in [0.3, 0.4) is 0 Å². The fourth-order valence-electron chi connectivity index (χ4n) is 2.92. The minimum Gasteiger partial charge on any atom is -0.465 e. The molecule has 0 N–H and O–H groups in total. The molecule has 1 heterocycles. The molecular weight excluding hydrogens is 292 g/mol. The first-order chi connectivity index (χ1) is 11.9. The van der Waals surface area contributed by atoms with Gasteiger partial charge in [0.1, 0.15) is 5.76 Å². The van der Waals surface area contributed by atoms with Gasteiger partial charge in [-0.15, -0.1) is 0 Å². The number of allylic oxidation sites excluding steroid dienone is 3. The minimum absolute atomic E-state index is 0.961. The van der Waals surface area contributed by atoms with Crippen molar-refractivity contribution in [3.8, 4) is 0 Å². The molecule has 0 spiro atoms. The summed E-state index contributed by atoms with van der Waals surface area (Å²) < 4.78 is 5.27. The Balaban J connectivity index is 1.76. The molecule has 0 unspecified atom stereocenters. The number of furan rings is 1. The number of unbranched alkanes of at least 4 members (excludes halogenated alkanes) is 12. The van der Waals surface area contributed by atoms with E-state index < -0.39 is 0 Å². The molecule has 0 saturated carbocycles. The van der Waals surface area contributed by atoms with Gasteiger partial charge in [-0.2, -0.15) is 0 Å². The van der Waals surface area contributed by atoms with Crippen LogP contribution in [0, 0.1) is 0 Å². The van der Waals surface area contributed by atoms with Gasteiger partial charge in [0.25, 0.3) is 0 Å². The van der Waals surface area contributed by atoms with Crippen molar-refractivity contribution in [3.05, 3.63) is 42.4 Å². The molecule has 0 aliphatic rings. The minimum atomic E-state index is 0.961. The van der Waals surface area contributed by atoms with E-state index in [1.807, 2.05) is 12.1 Å². The second-order valence-electron chi connectivity index (χ2n) is 6.79. The zero-order chi connectivity index (χ0) is 17.1. The summed E-state index contributed by atoms with van der Waals surface area (Å²) >= 11 is 0. The van der Waals surface area contributed by atoms with Crippen LogP contribution in [0.15, 0.2) is 41.0 Å². The molecule has 24 heavy (non-hydrogen) atoms. The summed E-state index contributed by atoms with van der Waals surface area (Å²) in [5.41, 5.74) is 0. The fourth-order valence-corrected chi connectivity index (χ4v) is 2.92. The van der Waals surface area contributed by atoms with Crippen LogP contribution in [0.4, 0.5) is 0 Å². The van der Waals surface area contributed by atoms with Gasteiger partial charge in [-0.3, -0.25) is 0 Å². The lowest BCUT2D eigenvalue weighted by molar-refractivity contribution is 0.556. The van der Waals surface area contributed by atoms with Crippen molar-refractivity contribution in [2.45, 2.75) is 96.8 Å². The van der Waals surface area contributed by atoms with Crippen molar-refractivity contribution in [2.24, 2.45) is 0 Å². The Morgan fingerprint density at radius 3 is 1.79 bits per heavy atom. The molecule has 136 valence electrons. The van der Waals surface area contributed by atoms with Crippen LogP contribution in [0.25, 0.3) is 6.08 Å². The monoisotopic (exact) mass is 330 g/mol. The Hall–Kier alpha value is -1.24. The normalized spacial score (nSPS) is 11.9. The quantitative estimate of drug-likeness (QED) is 0.219. The predicted molar refractivity (Wildman–Crippen MR) is 107 cm³/mol. The van der Waals surface area contributed by atoms with Crippen LogP contribution in [0.1, 0.15) is 103 Å². The predicted octanol–water partition coefficient (Wildman–Crippen LogP) is 8.33. The van der Waals surface area contributed by atoms with Gasteiger partial charge in [0.15, 0.2) is 0 Å². The summed E-state index contributed by atoms with van der Waals surface area (Å²) in [6, 6.07) is 3.93. The summed E-state index contributed by atoms with van der Waals surface area (Å²) in [4.78, 5) is 0. The summed E-state index contributed by atoms with van der Waals surface area (Å²) in [5.74, 6) is 0.961. The third-order valence-corrected chi connectivity index (χ3v) is 4.46. The Bertz CT molecular complexity index is 400. The Kier molecular flexibility index (Phi) is 14.4. The summed E-state index contributed by atoms with van der Waals surface area (Å²) in [5, 5.41) is 0. The van der Waals surface area contributed by atoms with E-state index in [4.69, 9.17) is 4.42 Å². The van der Waals surface area contributed by atoms with Gasteiger partial charge in [-0.1, -0.05) is 76.5 Å². The lowest BCUT2D eigenvalue weighted by Gasteiger charge is -1.99. The van der Waals surface area contributed by atoms with Gasteiger partial charge in [-0.05, 0) is 56.7 Å². The van der Waals surface area contributed by atoms with Crippen LogP contribution in [-0.2, 0) is 0 Å². The maximum Gasteiger partial charge on any atom is 0.126 e. The van der Waals surface area contributed by atoms with Crippen molar-refractivity contribution < 1.29 is 4.42 Å². The smallest absolute Gasteiger partial charge is 0.126 e. The van der Waals surface area contributed by atoms with Crippen LogP contribution >= 0.6 is 0 Å². The molecule has 1 aromatic rings. The highest BCUT2D eigenvalue weighted by molar-refractivity contribution is 5.41. The Morgan fingerprint density at radius 2 is 1.25 bits per heavy atom. The molecule has 0 fully saturated rings. The highest BCUT2D eigenvalue weighted by Crippen LogP contribution is 2.11. The molecule has 1 heteroatoms. The highest BCUT2D eigenvalue weighted by atomic mass is 16.3. The van der Waals surface area contributed by atoms with Gasteiger partial charge >= 0.3 is 0 Å². The Morgan fingerprint density at radius 1 is 0.708 bits per heavy atom. The van der Waals surface area contributed by atoms with Crippen molar-refractivity contribution in [1.29, 1.82) is 0 Å². The molecule has 0 bridgehead atoms. The maximum absolute atomic E-state index is 5.27. The maximum atomic E-state index is 5.27. The van der Waals surface area contributed by atoms with Crippen molar-refractivity contribution in [3.63, 3.8) is 0 Å². The third kappa shape index (κ3) is 13.2. The topological polar surface area (TPSA) is 13.1 Å². The number of rotatable bonds is 16. The second-order valence-corrected chi connectivity index (χ2v) is 6.79. The van der Waals surface area contributed by atoms with E-state index in [1.54, 1.807) is 6.26 Å². The van der Waals surface area contributed by atoms with Crippen LogP contribution < -0.4 is 0 Å². The van der Waals surface area contributed by atoms with Crippen molar-refractivity contribution in [2.75, 3.05) is 0 Å². The summed E-state index contributed by atoms with van der Waals surface area (Å²) in [6.07, 6.45) is 29.7. The average molecular weight is 331 g/mol. The molecule has 1 nitrogen and oxygen atoms in total. The van der Waals surface area contributed by atoms with Crippen molar-refractivity contribution >= 4 is 6.08 Å². The standard InChI is InChI=1S/C23H38O/c1-2-3-4-5-6-7-8-9-10-11-12-13-14-15-16-17-18-20-23-21-19-22-24-23/h9-10,18-22H,2-8,11-17H2,1H3/b10-9+,20-18+. The van der Waals surface area contributed by atoms with E-state index in [2.05, 4.69) is 31.2 Å². The molecule has 0 aromatic carbocycles. The van der Waals surface area contributed by atoms with Crippen LogP contribution in [-0.4, -0.2) is 0 Å². The highest BCUT2D eigenvalue weighted by Gasteiger charge is 1.91. The SMILES string of the molecule is CCCCCCCC/C=C/CCCCCCC/C=C/c1ccco1. The van der Waals surface area contributed by atoms with E-state index in [-0.39, 0.29) is 0 Å². The first kappa shape index (κ1) is 20.8. The zero-order valence-corrected chi connectivity index (χ0v) is 15.8. The van der Waals surface area contributed by atoms with Crippen molar-refractivity contribution in [1.82, 2.24) is 0 Å². The molecule has 0 aliphatic carbocycles.